The van der Waals surface area contributed by atoms with Gasteiger partial charge in [0.25, 0.3) is 0 Å². The van der Waals surface area contributed by atoms with E-state index in [1.165, 1.54) is 39.2 Å². The van der Waals surface area contributed by atoms with Gasteiger partial charge in [0, 0.05) is 13.7 Å². The molecule has 0 aromatic heterocycles. The molecule has 0 aromatic rings. The molecule has 0 unspecified atom stereocenters. The molecule has 0 bridgehead atoms. The van der Waals surface area contributed by atoms with Crippen molar-refractivity contribution in [3.8, 4) is 0 Å². The first-order valence-corrected chi connectivity index (χ1v) is 9.31. The summed E-state index contributed by atoms with van der Waals surface area (Å²) in [7, 11) is -1.89. The van der Waals surface area contributed by atoms with Gasteiger partial charge in [-0.25, -0.2) is 8.42 Å². The Balaban J connectivity index is 2.10. The highest BCUT2D eigenvalue weighted by molar-refractivity contribution is 7.92. The zero-order valence-corrected chi connectivity index (χ0v) is 13.2. The molecule has 1 rings (SSSR count). The van der Waals surface area contributed by atoms with Gasteiger partial charge in [-0.2, -0.15) is 0 Å². The largest absolute Gasteiger partial charge is 0.384 e. The van der Waals surface area contributed by atoms with Crippen molar-refractivity contribution in [3.63, 3.8) is 0 Å². The lowest BCUT2D eigenvalue weighted by molar-refractivity contribution is -0.118. The second-order valence-electron chi connectivity index (χ2n) is 5.58. The molecule has 1 N–H and O–H groups in total. The highest BCUT2D eigenvalue weighted by Crippen LogP contribution is 2.26. The number of hydrogen-bond acceptors (Lipinski definition) is 4. The second-order valence-corrected chi connectivity index (χ2v) is 7.77. The average molecular weight is 305 g/mol. The van der Waals surface area contributed by atoms with Gasteiger partial charge in [-0.1, -0.05) is 32.1 Å². The van der Waals surface area contributed by atoms with Crippen molar-refractivity contribution in [1.82, 2.24) is 5.32 Å². The molecule has 0 aromatic carbocycles. The van der Waals surface area contributed by atoms with Crippen LogP contribution in [0.2, 0.25) is 0 Å². The van der Waals surface area contributed by atoms with E-state index in [0.29, 0.717) is 6.54 Å². The molecule has 1 amide bonds. The Morgan fingerprint density at radius 2 is 1.95 bits per heavy atom. The van der Waals surface area contributed by atoms with Crippen LogP contribution >= 0.6 is 0 Å². The van der Waals surface area contributed by atoms with Crippen molar-refractivity contribution in [2.75, 3.05) is 31.8 Å². The summed E-state index contributed by atoms with van der Waals surface area (Å²) in [5.41, 5.74) is 0. The summed E-state index contributed by atoms with van der Waals surface area (Å²) in [4.78, 5) is 11.5. The Hall–Kier alpha value is -0.620. The maximum absolute atomic E-state index is 11.5. The van der Waals surface area contributed by atoms with E-state index in [9.17, 15) is 13.2 Å². The quantitative estimate of drug-likeness (QED) is 0.656. The molecule has 0 heterocycles. The molecule has 0 saturated heterocycles. The van der Waals surface area contributed by atoms with Crippen LogP contribution in [0, 0.1) is 5.92 Å². The predicted molar refractivity (Wildman–Crippen MR) is 79.3 cm³/mol. The molecular formula is C14H27NO4S. The summed E-state index contributed by atoms with van der Waals surface area (Å²) in [5.74, 6) is -0.130. The Kier molecular flexibility index (Phi) is 8.14. The minimum absolute atomic E-state index is 0.0982. The summed E-state index contributed by atoms with van der Waals surface area (Å²) in [6.07, 6.45) is 8.69. The van der Waals surface area contributed by atoms with Crippen molar-refractivity contribution in [3.05, 3.63) is 0 Å². The molecular weight excluding hydrogens is 278 g/mol. The lowest BCUT2D eigenvalue weighted by Gasteiger charge is -2.21. The van der Waals surface area contributed by atoms with Crippen LogP contribution < -0.4 is 5.32 Å². The van der Waals surface area contributed by atoms with E-state index >= 15 is 0 Å². The third-order valence-electron chi connectivity index (χ3n) is 3.79. The molecule has 0 radical (unpaired) electrons. The number of sulfone groups is 1. The van der Waals surface area contributed by atoms with Crippen LogP contribution in [-0.4, -0.2) is 46.1 Å². The van der Waals surface area contributed by atoms with Gasteiger partial charge in [0.2, 0.25) is 5.91 Å². The van der Waals surface area contributed by atoms with Gasteiger partial charge >= 0.3 is 0 Å². The minimum Gasteiger partial charge on any atom is -0.384 e. The van der Waals surface area contributed by atoms with E-state index in [0.717, 1.165) is 18.8 Å². The predicted octanol–water partition coefficient (Wildman–Crippen LogP) is 1.52. The van der Waals surface area contributed by atoms with Gasteiger partial charge in [-0.3, -0.25) is 4.79 Å². The third kappa shape index (κ3) is 7.85. The smallest absolute Gasteiger partial charge is 0.235 e. The lowest BCUT2D eigenvalue weighted by atomic mass is 9.86. The maximum Gasteiger partial charge on any atom is 0.235 e. The topological polar surface area (TPSA) is 72.5 Å². The van der Waals surface area contributed by atoms with E-state index in [-0.39, 0.29) is 12.4 Å². The van der Waals surface area contributed by atoms with Crippen LogP contribution in [-0.2, 0) is 19.4 Å². The molecule has 5 nitrogen and oxygen atoms in total. The number of ether oxygens (including phenoxy) is 1. The molecule has 0 atom stereocenters. The van der Waals surface area contributed by atoms with Crippen LogP contribution in [0.4, 0.5) is 0 Å². The Morgan fingerprint density at radius 1 is 1.25 bits per heavy atom. The number of hydrogen-bond donors (Lipinski definition) is 1. The van der Waals surface area contributed by atoms with Crippen LogP contribution in [0.15, 0.2) is 0 Å². The highest BCUT2D eigenvalue weighted by Gasteiger charge is 2.16. The fraction of sp³-hybridized carbons (Fsp3) is 0.929. The van der Waals surface area contributed by atoms with Crippen LogP contribution in [0.3, 0.4) is 0 Å². The van der Waals surface area contributed by atoms with E-state index in [1.807, 2.05) is 0 Å². The summed E-state index contributed by atoms with van der Waals surface area (Å²) in [5, 5.41) is 2.70. The summed E-state index contributed by atoms with van der Waals surface area (Å²) < 4.78 is 27.8. The number of carbonyl (C=O) groups is 1. The van der Waals surface area contributed by atoms with Gasteiger partial charge in [0.15, 0.2) is 9.84 Å². The first kappa shape index (κ1) is 17.4. The molecule has 118 valence electrons. The van der Waals surface area contributed by atoms with Crippen molar-refractivity contribution < 1.29 is 17.9 Å². The van der Waals surface area contributed by atoms with Gasteiger partial charge in [0.1, 0.15) is 5.75 Å². The van der Waals surface area contributed by atoms with Gasteiger partial charge in [-0.15, -0.1) is 0 Å². The molecule has 1 saturated carbocycles. The molecule has 20 heavy (non-hydrogen) atoms. The monoisotopic (exact) mass is 305 g/mol. The summed E-state index contributed by atoms with van der Waals surface area (Å²) >= 11 is 0. The molecule has 6 heteroatoms. The Bertz CT molecular complexity index is 375. The fourth-order valence-corrected chi connectivity index (χ4v) is 3.69. The van der Waals surface area contributed by atoms with E-state index in [4.69, 9.17) is 4.74 Å². The molecule has 1 fully saturated rings. The maximum atomic E-state index is 11.5. The van der Waals surface area contributed by atoms with Gasteiger partial charge in [-0.05, 0) is 18.8 Å². The Labute approximate surface area is 122 Å². The standard InChI is InChI=1S/C14H27NO4S/c1-19-10-11-20(17,18)12-14(16)15-9-5-8-13-6-3-2-4-7-13/h13H,2-12H2,1H3,(H,15,16). The first-order chi connectivity index (χ1) is 9.53. The van der Waals surface area contributed by atoms with Gasteiger partial charge < -0.3 is 10.1 Å². The number of carbonyl (C=O) groups excluding carboxylic acids is 1. The van der Waals surface area contributed by atoms with Crippen LogP contribution in [0.5, 0.6) is 0 Å². The SMILES string of the molecule is COCCS(=O)(=O)CC(=O)NCCCC1CCCCC1. The normalized spacial score (nSPS) is 17.1. The first-order valence-electron chi connectivity index (χ1n) is 7.49. The summed E-state index contributed by atoms with van der Waals surface area (Å²) in [6.45, 7) is 0.715. The van der Waals surface area contributed by atoms with E-state index in [2.05, 4.69) is 5.32 Å². The van der Waals surface area contributed by atoms with E-state index < -0.39 is 21.5 Å². The van der Waals surface area contributed by atoms with Crippen molar-refractivity contribution >= 4 is 15.7 Å². The zero-order chi connectivity index (χ0) is 14.8. The van der Waals surface area contributed by atoms with Crippen LogP contribution in [0.25, 0.3) is 0 Å². The van der Waals surface area contributed by atoms with Crippen LogP contribution in [0.1, 0.15) is 44.9 Å². The molecule has 0 spiro atoms. The van der Waals surface area contributed by atoms with Crippen molar-refractivity contribution in [1.29, 1.82) is 0 Å². The van der Waals surface area contributed by atoms with Gasteiger partial charge in [0.05, 0.1) is 12.4 Å². The van der Waals surface area contributed by atoms with Crippen molar-refractivity contribution in [2.24, 2.45) is 5.92 Å². The van der Waals surface area contributed by atoms with E-state index in [1.54, 1.807) is 0 Å². The Morgan fingerprint density at radius 3 is 2.60 bits per heavy atom. The zero-order valence-electron chi connectivity index (χ0n) is 12.4. The fourth-order valence-electron chi connectivity index (χ4n) is 2.63. The number of nitrogens with one attached hydrogen (secondary N) is 1. The summed E-state index contributed by atoms with van der Waals surface area (Å²) in [6, 6.07) is 0. The highest BCUT2D eigenvalue weighted by atomic mass is 32.2. The number of rotatable bonds is 9. The number of amides is 1. The third-order valence-corrected chi connectivity index (χ3v) is 5.28. The second kappa shape index (κ2) is 9.34. The number of methoxy groups -OCH3 is 1. The molecule has 1 aliphatic rings. The molecule has 1 aliphatic carbocycles. The minimum atomic E-state index is -3.34. The average Bonchev–Trinajstić information content (AvgIpc) is 2.42. The lowest BCUT2D eigenvalue weighted by Crippen LogP contribution is -2.32. The molecule has 0 aliphatic heterocycles. The van der Waals surface area contributed by atoms with Crippen molar-refractivity contribution in [2.45, 2.75) is 44.9 Å².